The molecule has 1 saturated heterocycles. The Bertz CT molecular complexity index is 931. The number of amides is 2. The summed E-state index contributed by atoms with van der Waals surface area (Å²) in [7, 11) is 0. The molecule has 1 aliphatic rings. The first-order valence-corrected chi connectivity index (χ1v) is 10.3. The van der Waals surface area contributed by atoms with Gasteiger partial charge in [-0.1, -0.05) is 6.07 Å². The van der Waals surface area contributed by atoms with E-state index in [4.69, 9.17) is 9.47 Å². The van der Waals surface area contributed by atoms with Crippen LogP contribution in [0.4, 0.5) is 14.5 Å². The second-order valence-corrected chi connectivity index (χ2v) is 7.22. The minimum absolute atomic E-state index is 0.00150. The predicted molar refractivity (Wildman–Crippen MR) is 112 cm³/mol. The minimum Gasteiger partial charge on any atom is -0.490 e. The third-order valence-electron chi connectivity index (χ3n) is 4.98. The SMILES string of the molecule is CCOc1ccc(CCNC(=O)C2CC(=O)N(c3cc(F)cc(F)c3)C2)cc1OCC. The first-order chi connectivity index (χ1) is 14.9. The zero-order valence-corrected chi connectivity index (χ0v) is 17.6. The number of halogens is 2. The summed E-state index contributed by atoms with van der Waals surface area (Å²) in [6.07, 6.45) is 0.583. The molecular formula is C23H26F2N2O4. The summed E-state index contributed by atoms with van der Waals surface area (Å²) in [6, 6.07) is 8.56. The topological polar surface area (TPSA) is 67.9 Å². The molecule has 2 amide bonds. The van der Waals surface area contributed by atoms with Gasteiger partial charge in [-0.2, -0.15) is 0 Å². The quantitative estimate of drug-likeness (QED) is 0.659. The lowest BCUT2D eigenvalue weighted by Crippen LogP contribution is -2.34. The maximum Gasteiger partial charge on any atom is 0.227 e. The van der Waals surface area contributed by atoms with Crippen LogP contribution < -0.4 is 19.7 Å². The number of carbonyl (C=O) groups excluding carboxylic acids is 2. The van der Waals surface area contributed by atoms with Crippen LogP contribution in [-0.2, 0) is 16.0 Å². The Hall–Kier alpha value is -3.16. The molecule has 6 nitrogen and oxygen atoms in total. The number of hydrogen-bond donors (Lipinski definition) is 1. The van der Waals surface area contributed by atoms with E-state index in [0.29, 0.717) is 37.7 Å². The van der Waals surface area contributed by atoms with Crippen molar-refractivity contribution in [1.29, 1.82) is 0 Å². The highest BCUT2D eigenvalue weighted by Crippen LogP contribution is 2.29. The van der Waals surface area contributed by atoms with Gasteiger partial charge in [0.25, 0.3) is 0 Å². The van der Waals surface area contributed by atoms with Gasteiger partial charge in [0.1, 0.15) is 11.6 Å². The molecule has 2 aromatic rings. The molecule has 0 aliphatic carbocycles. The lowest BCUT2D eigenvalue weighted by atomic mass is 10.1. The van der Waals surface area contributed by atoms with Crippen LogP contribution in [-0.4, -0.2) is 38.1 Å². The number of rotatable bonds is 9. The first kappa shape index (κ1) is 22.5. The first-order valence-electron chi connectivity index (χ1n) is 10.3. The lowest BCUT2D eigenvalue weighted by Gasteiger charge is -2.17. The molecule has 8 heteroatoms. The van der Waals surface area contributed by atoms with Crippen LogP contribution in [0.15, 0.2) is 36.4 Å². The molecular weight excluding hydrogens is 406 g/mol. The largest absolute Gasteiger partial charge is 0.490 e. The van der Waals surface area contributed by atoms with Crippen LogP contribution in [0.25, 0.3) is 0 Å². The Labute approximate surface area is 180 Å². The van der Waals surface area contributed by atoms with Crippen molar-refractivity contribution < 1.29 is 27.8 Å². The highest BCUT2D eigenvalue weighted by atomic mass is 19.1. The second kappa shape index (κ2) is 10.2. The monoisotopic (exact) mass is 432 g/mol. The molecule has 3 rings (SSSR count). The van der Waals surface area contributed by atoms with E-state index in [-0.39, 0.29) is 30.5 Å². The van der Waals surface area contributed by atoms with Gasteiger partial charge in [0.05, 0.1) is 19.1 Å². The number of nitrogens with one attached hydrogen (secondary N) is 1. The molecule has 0 bridgehead atoms. The molecule has 1 unspecified atom stereocenters. The van der Waals surface area contributed by atoms with E-state index in [1.54, 1.807) is 0 Å². The lowest BCUT2D eigenvalue weighted by molar-refractivity contribution is -0.126. The molecule has 1 fully saturated rings. The number of benzene rings is 2. The van der Waals surface area contributed by atoms with Crippen LogP contribution in [0.1, 0.15) is 25.8 Å². The van der Waals surface area contributed by atoms with Gasteiger partial charge in [-0.3, -0.25) is 9.59 Å². The van der Waals surface area contributed by atoms with Crippen molar-refractivity contribution in [2.24, 2.45) is 5.92 Å². The van der Waals surface area contributed by atoms with Crippen molar-refractivity contribution in [1.82, 2.24) is 5.32 Å². The third-order valence-corrected chi connectivity index (χ3v) is 4.98. The molecule has 1 aliphatic heterocycles. The Morgan fingerprint density at radius 2 is 1.74 bits per heavy atom. The summed E-state index contributed by atoms with van der Waals surface area (Å²) in [6.45, 7) is 5.32. The Kier molecular flexibility index (Phi) is 7.44. The number of carbonyl (C=O) groups is 2. The zero-order valence-electron chi connectivity index (χ0n) is 17.6. The number of ether oxygens (including phenoxy) is 2. The van der Waals surface area contributed by atoms with Crippen LogP contribution in [0.3, 0.4) is 0 Å². The minimum atomic E-state index is -0.766. The van der Waals surface area contributed by atoms with Gasteiger partial charge in [-0.05, 0) is 50.1 Å². The Balaban J connectivity index is 1.55. The summed E-state index contributed by atoms with van der Waals surface area (Å²) in [5.41, 5.74) is 1.10. The highest BCUT2D eigenvalue weighted by Gasteiger charge is 2.35. The van der Waals surface area contributed by atoms with E-state index >= 15 is 0 Å². The summed E-state index contributed by atoms with van der Waals surface area (Å²) in [5, 5.41) is 2.84. The van der Waals surface area contributed by atoms with Crippen molar-refractivity contribution in [2.45, 2.75) is 26.7 Å². The average molecular weight is 432 g/mol. The molecule has 31 heavy (non-hydrogen) atoms. The molecule has 1 N–H and O–H groups in total. The Morgan fingerprint density at radius 1 is 1.06 bits per heavy atom. The molecule has 0 aromatic heterocycles. The number of nitrogens with zero attached hydrogens (tertiary/aromatic N) is 1. The fourth-order valence-corrected chi connectivity index (χ4v) is 3.55. The van der Waals surface area contributed by atoms with Crippen molar-refractivity contribution in [3.63, 3.8) is 0 Å². The van der Waals surface area contributed by atoms with Gasteiger partial charge in [0.15, 0.2) is 11.5 Å². The number of hydrogen-bond acceptors (Lipinski definition) is 4. The Morgan fingerprint density at radius 3 is 2.42 bits per heavy atom. The summed E-state index contributed by atoms with van der Waals surface area (Å²) >= 11 is 0. The highest BCUT2D eigenvalue weighted by molar-refractivity contribution is 6.00. The van der Waals surface area contributed by atoms with Gasteiger partial charge in [0.2, 0.25) is 11.8 Å². The van der Waals surface area contributed by atoms with Gasteiger partial charge in [0, 0.05) is 31.3 Å². The fraction of sp³-hybridized carbons (Fsp3) is 0.391. The van der Waals surface area contributed by atoms with Crippen LogP contribution in [0.5, 0.6) is 11.5 Å². The van der Waals surface area contributed by atoms with Gasteiger partial charge < -0.3 is 19.7 Å². The van der Waals surface area contributed by atoms with E-state index < -0.39 is 17.6 Å². The molecule has 1 atom stereocenters. The van der Waals surface area contributed by atoms with Crippen molar-refractivity contribution >= 4 is 17.5 Å². The normalized spacial score (nSPS) is 15.8. The zero-order chi connectivity index (χ0) is 22.4. The van der Waals surface area contributed by atoms with E-state index in [0.717, 1.165) is 23.8 Å². The molecule has 0 saturated carbocycles. The summed E-state index contributed by atoms with van der Waals surface area (Å²) < 4.78 is 38.1. The van der Waals surface area contributed by atoms with Gasteiger partial charge >= 0.3 is 0 Å². The van der Waals surface area contributed by atoms with E-state index in [9.17, 15) is 18.4 Å². The van der Waals surface area contributed by atoms with Crippen molar-refractivity contribution in [2.75, 3.05) is 31.2 Å². The average Bonchev–Trinajstić information content (AvgIpc) is 3.11. The third kappa shape index (κ3) is 5.71. The molecule has 166 valence electrons. The van der Waals surface area contributed by atoms with Crippen molar-refractivity contribution in [3.05, 3.63) is 53.6 Å². The molecule has 1 heterocycles. The smallest absolute Gasteiger partial charge is 0.227 e. The van der Waals surface area contributed by atoms with Crippen molar-refractivity contribution in [3.8, 4) is 11.5 Å². The van der Waals surface area contributed by atoms with Crippen LogP contribution in [0, 0.1) is 17.6 Å². The standard InChI is InChI=1S/C23H26F2N2O4/c1-3-30-20-6-5-15(9-21(20)31-4-2)7-8-26-23(29)16-10-22(28)27(14-16)19-12-17(24)11-18(25)13-19/h5-6,9,11-13,16H,3-4,7-8,10,14H2,1-2H3,(H,26,29). The molecule has 0 radical (unpaired) electrons. The molecule has 2 aromatic carbocycles. The second-order valence-electron chi connectivity index (χ2n) is 7.22. The van der Waals surface area contributed by atoms with Gasteiger partial charge in [-0.25, -0.2) is 8.78 Å². The fourth-order valence-electron chi connectivity index (χ4n) is 3.55. The van der Waals surface area contributed by atoms with Gasteiger partial charge in [-0.15, -0.1) is 0 Å². The summed E-state index contributed by atoms with van der Waals surface area (Å²) in [4.78, 5) is 26.0. The number of anilines is 1. The molecule has 0 spiro atoms. The maximum absolute atomic E-state index is 13.5. The predicted octanol–water partition coefficient (Wildman–Crippen LogP) is 3.47. The van der Waals surface area contributed by atoms with Crippen LogP contribution in [0.2, 0.25) is 0 Å². The van der Waals surface area contributed by atoms with E-state index in [1.165, 1.54) is 4.90 Å². The summed E-state index contributed by atoms with van der Waals surface area (Å²) in [5.74, 6) is -1.36. The maximum atomic E-state index is 13.5. The van der Waals surface area contributed by atoms with Crippen LogP contribution >= 0.6 is 0 Å². The van der Waals surface area contributed by atoms with E-state index in [2.05, 4.69) is 5.32 Å². The van der Waals surface area contributed by atoms with E-state index in [1.807, 2.05) is 32.0 Å².